The van der Waals surface area contributed by atoms with Gasteiger partial charge in [0.25, 0.3) is 11.8 Å². The number of urea groups is 1. The summed E-state index contributed by atoms with van der Waals surface area (Å²) in [5.41, 5.74) is 1.12. The van der Waals surface area contributed by atoms with Crippen LogP contribution in [0, 0.1) is 0 Å². The van der Waals surface area contributed by atoms with Crippen LogP contribution in [0.15, 0.2) is 84.9 Å². The van der Waals surface area contributed by atoms with Crippen molar-refractivity contribution in [3.63, 3.8) is 0 Å². The van der Waals surface area contributed by atoms with Gasteiger partial charge in [-0.1, -0.05) is 60.7 Å². The fourth-order valence-electron chi connectivity index (χ4n) is 3.94. The van der Waals surface area contributed by atoms with E-state index in [9.17, 15) is 19.2 Å². The Bertz CT molecular complexity index is 1250. The van der Waals surface area contributed by atoms with Crippen LogP contribution in [0.1, 0.15) is 29.3 Å². The summed E-state index contributed by atoms with van der Waals surface area (Å²) in [6.45, 7) is 1.21. The second-order valence-corrected chi connectivity index (χ2v) is 8.55. The summed E-state index contributed by atoms with van der Waals surface area (Å²) in [5, 5.41) is 8.16. The quantitative estimate of drug-likeness (QED) is 0.435. The average molecular weight is 471 g/mol. The summed E-state index contributed by atoms with van der Waals surface area (Å²) >= 11 is 0. The zero-order valence-electron chi connectivity index (χ0n) is 19.3. The number of hydrogen-bond acceptors (Lipinski definition) is 4. The van der Waals surface area contributed by atoms with Crippen LogP contribution in [0.3, 0.4) is 0 Å². The number of carbonyl (C=O) groups excluding carboxylic acids is 4. The summed E-state index contributed by atoms with van der Waals surface area (Å²) < 4.78 is 0. The van der Waals surface area contributed by atoms with Gasteiger partial charge in [0.15, 0.2) is 0 Å². The number of hydrogen-bond donors (Lipinski definition) is 3. The Balaban J connectivity index is 1.40. The van der Waals surface area contributed by atoms with Gasteiger partial charge in [0.2, 0.25) is 5.91 Å². The lowest BCUT2D eigenvalue weighted by Gasteiger charge is -2.21. The molecule has 1 fully saturated rings. The number of aryl methyl sites for hydroxylation is 1. The van der Waals surface area contributed by atoms with Gasteiger partial charge in [-0.25, -0.2) is 4.79 Å². The SMILES string of the molecule is C[C@]1(CCc2ccccc2)NC(=O)N(CC(=O)Nc2ccccc2C(=O)Nc2ccccc2)C1=O. The first kappa shape index (κ1) is 23.7. The Hall–Kier alpha value is -4.46. The number of para-hydroxylation sites is 2. The predicted octanol–water partition coefficient (Wildman–Crippen LogP) is 3.82. The van der Waals surface area contributed by atoms with E-state index in [2.05, 4.69) is 16.0 Å². The molecule has 0 unspecified atom stereocenters. The molecule has 3 N–H and O–H groups in total. The number of benzene rings is 3. The molecule has 3 aromatic carbocycles. The molecule has 0 spiro atoms. The Morgan fingerprint density at radius 3 is 2.20 bits per heavy atom. The number of anilines is 2. The second kappa shape index (κ2) is 10.2. The zero-order chi connectivity index (χ0) is 24.8. The van der Waals surface area contributed by atoms with Crippen LogP contribution in [0.4, 0.5) is 16.2 Å². The molecule has 1 heterocycles. The van der Waals surface area contributed by atoms with Crippen LogP contribution in [-0.4, -0.2) is 40.7 Å². The number of rotatable bonds is 8. The van der Waals surface area contributed by atoms with Gasteiger partial charge in [-0.15, -0.1) is 0 Å². The van der Waals surface area contributed by atoms with E-state index in [-0.39, 0.29) is 11.3 Å². The van der Waals surface area contributed by atoms with Crippen molar-refractivity contribution >= 4 is 35.1 Å². The van der Waals surface area contributed by atoms with Crippen molar-refractivity contribution in [1.29, 1.82) is 0 Å². The molecular formula is C27H26N4O4. The topological polar surface area (TPSA) is 108 Å². The number of nitrogens with one attached hydrogen (secondary N) is 3. The van der Waals surface area contributed by atoms with Crippen LogP contribution < -0.4 is 16.0 Å². The Kier molecular flexibility index (Phi) is 6.91. The molecule has 5 amide bonds. The lowest BCUT2D eigenvalue weighted by atomic mass is 9.93. The van der Waals surface area contributed by atoms with Crippen LogP contribution in [0.25, 0.3) is 0 Å². The van der Waals surface area contributed by atoms with E-state index in [0.717, 1.165) is 10.5 Å². The fraction of sp³-hybridized carbons (Fsp3) is 0.185. The van der Waals surface area contributed by atoms with Gasteiger partial charge < -0.3 is 16.0 Å². The molecule has 4 rings (SSSR count). The highest BCUT2D eigenvalue weighted by molar-refractivity contribution is 6.12. The van der Waals surface area contributed by atoms with Crippen molar-refractivity contribution in [3.8, 4) is 0 Å². The van der Waals surface area contributed by atoms with Crippen molar-refractivity contribution in [2.24, 2.45) is 0 Å². The van der Waals surface area contributed by atoms with Crippen LogP contribution in [0.2, 0.25) is 0 Å². The highest BCUT2D eigenvalue weighted by Gasteiger charge is 2.47. The normalized spacial score (nSPS) is 17.1. The standard InChI is InChI=1S/C27H26N4O4/c1-27(17-16-19-10-4-2-5-11-19)25(34)31(26(35)30-27)18-23(32)29-22-15-9-8-14-21(22)24(33)28-20-12-6-3-7-13-20/h2-15H,16-18H2,1H3,(H,28,33)(H,29,32)(H,30,35)/t27-/m1/s1. The molecule has 1 saturated heterocycles. The molecule has 0 saturated carbocycles. The molecule has 0 aromatic heterocycles. The van der Waals surface area contributed by atoms with Crippen LogP contribution >= 0.6 is 0 Å². The number of nitrogens with zero attached hydrogens (tertiary/aromatic N) is 1. The fourth-order valence-corrected chi connectivity index (χ4v) is 3.94. The van der Waals surface area contributed by atoms with E-state index < -0.39 is 35.8 Å². The van der Waals surface area contributed by atoms with Gasteiger partial charge in [0.1, 0.15) is 12.1 Å². The maximum Gasteiger partial charge on any atom is 0.325 e. The molecule has 178 valence electrons. The third-order valence-corrected chi connectivity index (χ3v) is 5.88. The summed E-state index contributed by atoms with van der Waals surface area (Å²) in [7, 11) is 0. The van der Waals surface area contributed by atoms with Crippen molar-refractivity contribution in [2.45, 2.75) is 25.3 Å². The Morgan fingerprint density at radius 1 is 0.857 bits per heavy atom. The highest BCUT2D eigenvalue weighted by Crippen LogP contribution is 2.24. The van der Waals surface area contributed by atoms with E-state index in [0.29, 0.717) is 18.5 Å². The molecule has 0 bridgehead atoms. The van der Waals surface area contributed by atoms with E-state index in [1.54, 1.807) is 55.5 Å². The maximum absolute atomic E-state index is 13.0. The summed E-state index contributed by atoms with van der Waals surface area (Å²) in [6, 6.07) is 24.6. The van der Waals surface area contributed by atoms with E-state index in [1.165, 1.54) is 0 Å². The monoisotopic (exact) mass is 470 g/mol. The number of imide groups is 1. The van der Waals surface area contributed by atoms with Crippen molar-refractivity contribution in [3.05, 3.63) is 96.1 Å². The molecule has 0 aliphatic carbocycles. The lowest BCUT2D eigenvalue weighted by Crippen LogP contribution is -2.45. The third kappa shape index (κ3) is 5.55. The van der Waals surface area contributed by atoms with Crippen LogP contribution in [-0.2, 0) is 16.0 Å². The predicted molar refractivity (Wildman–Crippen MR) is 133 cm³/mol. The number of carbonyl (C=O) groups is 4. The summed E-state index contributed by atoms with van der Waals surface area (Å²) in [4.78, 5) is 52.0. The zero-order valence-corrected chi connectivity index (χ0v) is 19.3. The smallest absolute Gasteiger partial charge is 0.324 e. The summed E-state index contributed by atoms with van der Waals surface area (Å²) in [6.07, 6.45) is 1.01. The minimum atomic E-state index is -1.10. The Morgan fingerprint density at radius 2 is 1.49 bits per heavy atom. The van der Waals surface area contributed by atoms with Crippen molar-refractivity contribution < 1.29 is 19.2 Å². The molecule has 0 radical (unpaired) electrons. The minimum absolute atomic E-state index is 0.259. The average Bonchev–Trinajstić information content (AvgIpc) is 3.07. The Labute approximate surface area is 203 Å². The van der Waals surface area contributed by atoms with Gasteiger partial charge in [0, 0.05) is 5.69 Å². The first-order valence-electron chi connectivity index (χ1n) is 11.3. The molecular weight excluding hydrogens is 444 g/mol. The number of amides is 5. The first-order valence-corrected chi connectivity index (χ1v) is 11.3. The van der Waals surface area contributed by atoms with Gasteiger partial charge in [-0.2, -0.15) is 0 Å². The molecule has 8 heteroatoms. The van der Waals surface area contributed by atoms with Crippen molar-refractivity contribution in [1.82, 2.24) is 10.2 Å². The molecule has 1 aliphatic rings. The van der Waals surface area contributed by atoms with Crippen molar-refractivity contribution in [2.75, 3.05) is 17.2 Å². The first-order chi connectivity index (χ1) is 16.9. The molecule has 35 heavy (non-hydrogen) atoms. The molecule has 3 aromatic rings. The molecule has 1 atom stereocenters. The maximum atomic E-state index is 13.0. The third-order valence-electron chi connectivity index (χ3n) is 5.88. The lowest BCUT2D eigenvalue weighted by molar-refractivity contribution is -0.133. The molecule has 1 aliphatic heterocycles. The largest absolute Gasteiger partial charge is 0.325 e. The van der Waals surface area contributed by atoms with Gasteiger partial charge in [-0.3, -0.25) is 19.3 Å². The van der Waals surface area contributed by atoms with Crippen LogP contribution in [0.5, 0.6) is 0 Å². The second-order valence-electron chi connectivity index (χ2n) is 8.55. The molecule has 8 nitrogen and oxygen atoms in total. The van der Waals surface area contributed by atoms with E-state index in [4.69, 9.17) is 0 Å². The summed E-state index contributed by atoms with van der Waals surface area (Å²) in [5.74, 6) is -1.43. The highest BCUT2D eigenvalue weighted by atomic mass is 16.2. The van der Waals surface area contributed by atoms with Gasteiger partial charge in [0.05, 0.1) is 11.3 Å². The van der Waals surface area contributed by atoms with Gasteiger partial charge in [-0.05, 0) is 49.6 Å². The van der Waals surface area contributed by atoms with E-state index >= 15 is 0 Å². The van der Waals surface area contributed by atoms with Gasteiger partial charge >= 0.3 is 6.03 Å². The van der Waals surface area contributed by atoms with E-state index in [1.807, 2.05) is 36.4 Å². The minimum Gasteiger partial charge on any atom is -0.324 e.